The van der Waals surface area contributed by atoms with Gasteiger partial charge >= 0.3 is 5.69 Å². The Balaban J connectivity index is 2.00. The van der Waals surface area contributed by atoms with Crippen molar-refractivity contribution in [3.63, 3.8) is 0 Å². The van der Waals surface area contributed by atoms with Gasteiger partial charge < -0.3 is 10.2 Å². The molecule has 1 aromatic rings. The second-order valence-electron chi connectivity index (χ2n) is 4.41. The van der Waals surface area contributed by atoms with Crippen LogP contribution in [-0.2, 0) is 6.54 Å². The van der Waals surface area contributed by atoms with Crippen molar-refractivity contribution in [2.75, 3.05) is 25.5 Å². The van der Waals surface area contributed by atoms with Gasteiger partial charge in [-0.2, -0.15) is 4.98 Å². The fourth-order valence-electron chi connectivity index (χ4n) is 2.51. The first-order valence-corrected chi connectivity index (χ1v) is 5.20. The van der Waals surface area contributed by atoms with Crippen LogP contribution in [0.3, 0.4) is 0 Å². The molecule has 6 heteroatoms. The maximum Gasteiger partial charge on any atom is 0.350 e. The van der Waals surface area contributed by atoms with Crippen LogP contribution in [0.2, 0.25) is 5.15 Å². The van der Waals surface area contributed by atoms with Gasteiger partial charge in [-0.3, -0.25) is 4.57 Å². The summed E-state index contributed by atoms with van der Waals surface area (Å²) in [5, 5.41) is 3.61. The predicted molar refractivity (Wildman–Crippen MR) is 57.4 cm³/mol. The summed E-state index contributed by atoms with van der Waals surface area (Å²) in [6, 6.07) is 1.70. The molecule has 15 heavy (non-hydrogen) atoms. The zero-order valence-corrected chi connectivity index (χ0v) is 9.08. The number of nitrogens with zero attached hydrogens (tertiary/aromatic N) is 3. The first-order valence-electron chi connectivity index (χ1n) is 4.82. The van der Waals surface area contributed by atoms with Gasteiger partial charge in [0.15, 0.2) is 0 Å². The third-order valence-electron chi connectivity index (χ3n) is 2.98. The summed E-state index contributed by atoms with van der Waals surface area (Å²) in [5.74, 6) is 0.785. The molecule has 0 aromatic carbocycles. The van der Waals surface area contributed by atoms with Crippen molar-refractivity contribution in [2.45, 2.75) is 12.1 Å². The van der Waals surface area contributed by atoms with E-state index >= 15 is 0 Å². The van der Waals surface area contributed by atoms with Gasteiger partial charge in [0, 0.05) is 19.2 Å². The number of halogens is 1. The summed E-state index contributed by atoms with van der Waals surface area (Å²) in [7, 11) is 2.06. The van der Waals surface area contributed by atoms with Crippen LogP contribution in [0.15, 0.2) is 10.9 Å². The number of aromatic nitrogens is 2. The average Bonchev–Trinajstić information content (AvgIpc) is 2.42. The second-order valence-corrected chi connectivity index (χ2v) is 4.80. The molecule has 3 heterocycles. The molecule has 1 N–H and O–H groups in total. The smallest absolute Gasteiger partial charge is 0.350 e. The van der Waals surface area contributed by atoms with Crippen molar-refractivity contribution in [3.05, 3.63) is 21.7 Å². The molecule has 80 valence electrons. The van der Waals surface area contributed by atoms with E-state index < -0.39 is 0 Å². The molecule has 0 unspecified atom stereocenters. The van der Waals surface area contributed by atoms with E-state index in [1.165, 1.54) is 0 Å². The van der Waals surface area contributed by atoms with Gasteiger partial charge in [-0.1, -0.05) is 11.6 Å². The molecule has 2 aliphatic rings. The van der Waals surface area contributed by atoms with E-state index in [1.807, 2.05) is 0 Å². The molecule has 0 saturated carbocycles. The number of nitrogens with one attached hydrogen (secondary N) is 1. The largest absolute Gasteiger partial charge is 0.361 e. The number of likely N-dealkylation sites (tertiary alicyclic amines) is 1. The van der Waals surface area contributed by atoms with Crippen molar-refractivity contribution in [1.82, 2.24) is 14.5 Å². The van der Waals surface area contributed by atoms with E-state index in [0.717, 1.165) is 18.9 Å². The zero-order valence-electron chi connectivity index (χ0n) is 8.33. The minimum atomic E-state index is -0.267. The first kappa shape index (κ1) is 9.18. The predicted octanol–water partition coefficient (Wildman–Crippen LogP) is 0.00640. The molecule has 0 radical (unpaired) electrons. The lowest BCUT2D eigenvalue weighted by atomic mass is 9.91. The maximum atomic E-state index is 11.6. The van der Waals surface area contributed by atoms with Crippen LogP contribution in [0.25, 0.3) is 0 Å². The number of hydrogen-bond donors (Lipinski definition) is 1. The van der Waals surface area contributed by atoms with Crippen molar-refractivity contribution in [1.29, 1.82) is 0 Å². The minimum absolute atomic E-state index is 0.0211. The van der Waals surface area contributed by atoms with Crippen LogP contribution >= 0.6 is 11.6 Å². The topological polar surface area (TPSA) is 50.2 Å². The monoisotopic (exact) mass is 226 g/mol. The SMILES string of the molecule is CN1CC2(C1)Cn1c(cc(Cl)nc1=O)N2. The molecule has 0 atom stereocenters. The number of rotatable bonds is 0. The average molecular weight is 227 g/mol. The van der Waals surface area contributed by atoms with E-state index in [0.29, 0.717) is 6.54 Å². The molecule has 2 aliphatic heterocycles. The normalized spacial score (nSPS) is 22.3. The van der Waals surface area contributed by atoms with Crippen LogP contribution in [0.1, 0.15) is 0 Å². The summed E-state index contributed by atoms with van der Waals surface area (Å²) in [6.07, 6.45) is 0. The molecule has 5 nitrogen and oxygen atoms in total. The summed E-state index contributed by atoms with van der Waals surface area (Å²) in [6.45, 7) is 2.59. The molecular weight excluding hydrogens is 216 g/mol. The van der Waals surface area contributed by atoms with Crippen molar-refractivity contribution < 1.29 is 0 Å². The molecule has 1 fully saturated rings. The highest BCUT2D eigenvalue weighted by Crippen LogP contribution is 2.32. The number of fused-ring (bicyclic) bond motifs is 1. The highest BCUT2D eigenvalue weighted by Gasteiger charge is 2.46. The standard InChI is InChI=1S/C9H11ClN4O/c1-13-3-9(4-13)5-14-7(12-9)2-6(10)11-8(14)15/h2,12H,3-5H2,1H3. The Morgan fingerprint density at radius 2 is 2.27 bits per heavy atom. The number of hydrogen-bond acceptors (Lipinski definition) is 4. The van der Waals surface area contributed by atoms with Crippen LogP contribution in [0.5, 0.6) is 0 Å². The molecule has 1 spiro atoms. The van der Waals surface area contributed by atoms with Gasteiger partial charge in [0.1, 0.15) is 11.0 Å². The van der Waals surface area contributed by atoms with E-state index in [9.17, 15) is 4.79 Å². The number of likely N-dealkylation sites (N-methyl/N-ethyl adjacent to an activating group) is 1. The van der Waals surface area contributed by atoms with Gasteiger partial charge in [0.05, 0.1) is 12.1 Å². The van der Waals surface area contributed by atoms with Crippen LogP contribution in [-0.4, -0.2) is 40.1 Å². The van der Waals surface area contributed by atoms with E-state index in [1.54, 1.807) is 10.6 Å². The Labute approximate surface area is 91.7 Å². The summed E-state index contributed by atoms with van der Waals surface area (Å²) in [5.41, 5.74) is -0.246. The molecular formula is C9H11ClN4O. The van der Waals surface area contributed by atoms with E-state index in [4.69, 9.17) is 11.6 Å². The highest BCUT2D eigenvalue weighted by molar-refractivity contribution is 6.29. The van der Waals surface area contributed by atoms with Crippen molar-refractivity contribution >= 4 is 17.4 Å². The van der Waals surface area contributed by atoms with Gasteiger partial charge in [-0.15, -0.1) is 0 Å². The zero-order chi connectivity index (χ0) is 10.6. The van der Waals surface area contributed by atoms with Crippen molar-refractivity contribution in [3.8, 4) is 0 Å². The Bertz CT molecular complexity index is 477. The van der Waals surface area contributed by atoms with E-state index in [2.05, 4.69) is 22.2 Å². The summed E-state index contributed by atoms with van der Waals surface area (Å²) >= 11 is 5.74. The molecule has 0 aliphatic carbocycles. The third kappa shape index (κ3) is 1.27. The molecule has 0 bridgehead atoms. The van der Waals surface area contributed by atoms with Crippen LogP contribution < -0.4 is 11.0 Å². The Kier molecular flexibility index (Phi) is 1.67. The highest BCUT2D eigenvalue weighted by atomic mass is 35.5. The van der Waals surface area contributed by atoms with Crippen molar-refractivity contribution in [2.24, 2.45) is 0 Å². The fourth-order valence-corrected chi connectivity index (χ4v) is 2.69. The van der Waals surface area contributed by atoms with Crippen LogP contribution in [0, 0.1) is 0 Å². The minimum Gasteiger partial charge on any atom is -0.361 e. The maximum absolute atomic E-state index is 11.6. The fraction of sp³-hybridized carbons (Fsp3) is 0.556. The first-order chi connectivity index (χ1) is 7.08. The lowest BCUT2D eigenvalue weighted by Gasteiger charge is -2.45. The quantitative estimate of drug-likeness (QED) is 0.633. The molecule has 0 amide bonds. The van der Waals surface area contributed by atoms with Gasteiger partial charge in [-0.25, -0.2) is 4.79 Å². The summed E-state index contributed by atoms with van der Waals surface area (Å²) in [4.78, 5) is 17.5. The lowest BCUT2D eigenvalue weighted by Crippen LogP contribution is -2.64. The van der Waals surface area contributed by atoms with E-state index in [-0.39, 0.29) is 16.4 Å². The third-order valence-corrected chi connectivity index (χ3v) is 3.17. The van der Waals surface area contributed by atoms with Gasteiger partial charge in [0.2, 0.25) is 0 Å². The Hall–Kier alpha value is -1.07. The Morgan fingerprint density at radius 1 is 1.53 bits per heavy atom. The molecule has 1 aromatic heterocycles. The summed E-state index contributed by atoms with van der Waals surface area (Å²) < 4.78 is 1.65. The van der Waals surface area contributed by atoms with Gasteiger partial charge in [0.25, 0.3) is 0 Å². The molecule has 1 saturated heterocycles. The van der Waals surface area contributed by atoms with Crippen LogP contribution in [0.4, 0.5) is 5.82 Å². The lowest BCUT2D eigenvalue weighted by molar-refractivity contribution is 0.112. The van der Waals surface area contributed by atoms with Gasteiger partial charge in [-0.05, 0) is 7.05 Å². The number of anilines is 1. The second kappa shape index (κ2) is 2.74. The Morgan fingerprint density at radius 3 is 2.93 bits per heavy atom. The molecule has 3 rings (SSSR count).